The highest BCUT2D eigenvalue weighted by Crippen LogP contribution is 2.41. The van der Waals surface area contributed by atoms with Crippen LogP contribution in [0.25, 0.3) is 22.5 Å². The monoisotopic (exact) mass is 491 g/mol. The quantitative estimate of drug-likeness (QED) is 0.395. The third-order valence-electron chi connectivity index (χ3n) is 5.45. The van der Waals surface area contributed by atoms with Crippen LogP contribution in [0.5, 0.6) is 11.6 Å². The molecule has 4 aromatic rings. The van der Waals surface area contributed by atoms with Crippen molar-refractivity contribution in [2.24, 2.45) is 7.05 Å². The smallest absolute Gasteiger partial charge is 0.418 e. The molecule has 0 fully saturated rings. The molecule has 1 N–H and O–H groups in total. The summed E-state index contributed by atoms with van der Waals surface area (Å²) in [5.41, 5.74) is -1.41. The topological polar surface area (TPSA) is 85.7 Å². The molecule has 7 nitrogen and oxygen atoms in total. The van der Waals surface area contributed by atoms with Crippen molar-refractivity contribution >= 4 is 0 Å². The molecule has 0 aliphatic carbocycles. The number of nitrogens with one attached hydrogen (secondary N) is 1. The fraction of sp³-hybridized carbons (Fsp3) is 0.217. The van der Waals surface area contributed by atoms with Crippen LogP contribution in [-0.2, 0) is 13.2 Å². The molecule has 35 heavy (non-hydrogen) atoms. The van der Waals surface area contributed by atoms with Gasteiger partial charge >= 0.3 is 6.18 Å². The van der Waals surface area contributed by atoms with Crippen molar-refractivity contribution in [3.63, 3.8) is 0 Å². The number of rotatable bonds is 4. The third kappa shape index (κ3) is 4.38. The van der Waals surface area contributed by atoms with E-state index in [-0.39, 0.29) is 45.3 Å². The SMILES string of the molecule is Cc1[nH]c(-c2c(Oc3ccc(F)c(F)c3C)ncc(C(F)(F)F)c2C)cc(=O)c1-c1cnn(C)n1. The van der Waals surface area contributed by atoms with E-state index < -0.39 is 28.8 Å². The standard InChI is InChI=1S/C23H18F5N5O2/c1-10-13(23(26,27)28)8-29-22(35-18-6-5-14(24)21(25)11(18)2)19(10)15-7-17(34)20(12(3)31-15)16-9-30-33(4)32-16/h5-9H,1-4H3,(H,31,34). The van der Waals surface area contributed by atoms with Crippen LogP contribution < -0.4 is 10.2 Å². The molecule has 1 aromatic carbocycles. The number of ether oxygens (including phenoxy) is 1. The van der Waals surface area contributed by atoms with Gasteiger partial charge in [-0.15, -0.1) is 0 Å². The molecule has 3 heterocycles. The number of H-pyrrole nitrogens is 1. The maximum Gasteiger partial charge on any atom is 0.418 e. The van der Waals surface area contributed by atoms with Gasteiger partial charge in [-0.25, -0.2) is 13.8 Å². The number of aromatic amines is 1. The zero-order valence-corrected chi connectivity index (χ0v) is 18.9. The second-order valence-electron chi connectivity index (χ2n) is 7.83. The molecule has 0 aliphatic rings. The summed E-state index contributed by atoms with van der Waals surface area (Å²) in [6, 6.07) is 3.07. The van der Waals surface area contributed by atoms with Gasteiger partial charge in [-0.05, 0) is 38.5 Å². The third-order valence-corrected chi connectivity index (χ3v) is 5.45. The van der Waals surface area contributed by atoms with Crippen molar-refractivity contribution in [1.82, 2.24) is 25.0 Å². The lowest BCUT2D eigenvalue weighted by atomic mass is 10.00. The van der Waals surface area contributed by atoms with Crippen molar-refractivity contribution in [2.45, 2.75) is 26.9 Å². The Morgan fingerprint density at radius 3 is 2.34 bits per heavy atom. The van der Waals surface area contributed by atoms with Gasteiger partial charge < -0.3 is 9.72 Å². The van der Waals surface area contributed by atoms with E-state index in [0.717, 1.165) is 18.2 Å². The number of aryl methyl sites for hydroxylation is 2. The molecule has 182 valence electrons. The van der Waals surface area contributed by atoms with Crippen LogP contribution in [0.2, 0.25) is 0 Å². The maximum atomic E-state index is 14.0. The summed E-state index contributed by atoms with van der Waals surface area (Å²) >= 11 is 0. The average molecular weight is 491 g/mol. The lowest BCUT2D eigenvalue weighted by Gasteiger charge is -2.19. The predicted octanol–water partition coefficient (Wildman–Crippen LogP) is 5.25. The minimum atomic E-state index is -4.74. The Balaban J connectivity index is 1.93. The van der Waals surface area contributed by atoms with Crippen LogP contribution in [-0.4, -0.2) is 25.0 Å². The number of hydrogen-bond donors (Lipinski definition) is 1. The predicted molar refractivity (Wildman–Crippen MR) is 116 cm³/mol. The summed E-state index contributed by atoms with van der Waals surface area (Å²) < 4.78 is 74.2. The van der Waals surface area contributed by atoms with Gasteiger partial charge in [0.05, 0.1) is 28.6 Å². The molecule has 0 radical (unpaired) electrons. The van der Waals surface area contributed by atoms with E-state index in [4.69, 9.17) is 4.74 Å². The Labute approximate surface area is 195 Å². The summed E-state index contributed by atoms with van der Waals surface area (Å²) in [7, 11) is 1.57. The number of benzene rings is 1. The summed E-state index contributed by atoms with van der Waals surface area (Å²) in [5, 5.41) is 8.03. The van der Waals surface area contributed by atoms with E-state index in [9.17, 15) is 26.7 Å². The van der Waals surface area contributed by atoms with Crippen molar-refractivity contribution in [3.8, 4) is 34.1 Å². The van der Waals surface area contributed by atoms with Crippen LogP contribution >= 0.6 is 0 Å². The number of halogens is 5. The molecule has 0 saturated carbocycles. The Morgan fingerprint density at radius 2 is 1.74 bits per heavy atom. The fourth-order valence-electron chi connectivity index (χ4n) is 3.71. The van der Waals surface area contributed by atoms with Gasteiger partial charge in [0.2, 0.25) is 5.88 Å². The van der Waals surface area contributed by atoms with Crippen molar-refractivity contribution < 1.29 is 26.7 Å². The Morgan fingerprint density at radius 1 is 1.03 bits per heavy atom. The second kappa shape index (κ2) is 8.60. The lowest BCUT2D eigenvalue weighted by Crippen LogP contribution is -2.13. The summed E-state index contributed by atoms with van der Waals surface area (Å²) in [6.07, 6.45) is -2.77. The summed E-state index contributed by atoms with van der Waals surface area (Å²) in [4.78, 5) is 21.0. The van der Waals surface area contributed by atoms with E-state index >= 15 is 0 Å². The molecule has 0 bridgehead atoms. The number of alkyl halides is 3. The number of aromatic nitrogens is 5. The first-order valence-electron chi connectivity index (χ1n) is 10.2. The van der Waals surface area contributed by atoms with Gasteiger partial charge in [-0.3, -0.25) is 4.79 Å². The molecule has 3 aromatic heterocycles. The Bertz CT molecular complexity index is 1510. The van der Waals surface area contributed by atoms with Crippen LogP contribution in [0.1, 0.15) is 22.4 Å². The molecule has 0 spiro atoms. The summed E-state index contributed by atoms with van der Waals surface area (Å²) in [6.45, 7) is 4.02. The second-order valence-corrected chi connectivity index (χ2v) is 7.83. The normalized spacial score (nSPS) is 11.7. The molecule has 0 unspecified atom stereocenters. The molecule has 4 rings (SSSR count). The van der Waals surface area contributed by atoms with Gasteiger partial charge in [0, 0.05) is 30.6 Å². The molecule has 0 amide bonds. The molecule has 0 aliphatic heterocycles. The van der Waals surface area contributed by atoms with Gasteiger partial charge in [-0.1, -0.05) is 0 Å². The maximum absolute atomic E-state index is 14.0. The van der Waals surface area contributed by atoms with E-state index in [0.29, 0.717) is 11.9 Å². The summed E-state index contributed by atoms with van der Waals surface area (Å²) in [5.74, 6) is -2.74. The van der Waals surface area contributed by atoms with Crippen molar-refractivity contribution in [3.05, 3.63) is 74.8 Å². The van der Waals surface area contributed by atoms with E-state index in [1.54, 1.807) is 14.0 Å². The van der Waals surface area contributed by atoms with Crippen LogP contribution in [0.4, 0.5) is 22.0 Å². The zero-order valence-electron chi connectivity index (χ0n) is 18.9. The average Bonchev–Trinajstić information content (AvgIpc) is 3.18. The van der Waals surface area contributed by atoms with Crippen molar-refractivity contribution in [1.29, 1.82) is 0 Å². The first-order valence-corrected chi connectivity index (χ1v) is 10.2. The van der Waals surface area contributed by atoms with Gasteiger partial charge in [0.25, 0.3) is 0 Å². The molecule has 0 saturated heterocycles. The lowest BCUT2D eigenvalue weighted by molar-refractivity contribution is -0.138. The Kier molecular flexibility index (Phi) is 5.91. The van der Waals surface area contributed by atoms with Gasteiger partial charge in [0.15, 0.2) is 17.1 Å². The fourth-order valence-corrected chi connectivity index (χ4v) is 3.71. The molecular formula is C23H18F5N5O2. The van der Waals surface area contributed by atoms with Gasteiger partial charge in [0.1, 0.15) is 11.4 Å². The first kappa shape index (κ1) is 24.0. The Hall–Kier alpha value is -4.09. The van der Waals surface area contributed by atoms with Gasteiger partial charge in [-0.2, -0.15) is 28.2 Å². The van der Waals surface area contributed by atoms with Crippen LogP contribution in [0, 0.1) is 32.4 Å². The minimum Gasteiger partial charge on any atom is -0.438 e. The van der Waals surface area contributed by atoms with E-state index in [2.05, 4.69) is 20.2 Å². The minimum absolute atomic E-state index is 0.00789. The highest BCUT2D eigenvalue weighted by molar-refractivity contribution is 5.73. The highest BCUT2D eigenvalue weighted by atomic mass is 19.4. The molecule has 0 atom stereocenters. The first-order chi connectivity index (χ1) is 16.4. The van der Waals surface area contributed by atoms with E-state index in [1.807, 2.05) is 0 Å². The zero-order chi connectivity index (χ0) is 25.7. The van der Waals surface area contributed by atoms with Crippen LogP contribution in [0.15, 0.2) is 35.4 Å². The molecule has 12 heteroatoms. The molecular weight excluding hydrogens is 473 g/mol. The number of hydrogen-bond acceptors (Lipinski definition) is 5. The van der Waals surface area contributed by atoms with Crippen LogP contribution in [0.3, 0.4) is 0 Å². The largest absolute Gasteiger partial charge is 0.438 e. The van der Waals surface area contributed by atoms with Crippen molar-refractivity contribution in [2.75, 3.05) is 0 Å². The van der Waals surface area contributed by atoms with E-state index in [1.165, 1.54) is 24.8 Å². The highest BCUT2D eigenvalue weighted by Gasteiger charge is 2.35. The number of nitrogens with zero attached hydrogens (tertiary/aromatic N) is 4. The number of pyridine rings is 2.